The van der Waals surface area contributed by atoms with E-state index in [4.69, 9.17) is 4.74 Å². The molecule has 1 aliphatic heterocycles. The van der Waals surface area contributed by atoms with Gasteiger partial charge < -0.3 is 10.1 Å². The van der Waals surface area contributed by atoms with Crippen molar-refractivity contribution >= 4 is 11.5 Å². The maximum atomic E-state index is 11.0. The van der Waals surface area contributed by atoms with Crippen LogP contribution in [0.5, 0.6) is 5.75 Å². The number of nitrogens with one attached hydrogen (secondary N) is 1. The first-order valence-corrected chi connectivity index (χ1v) is 9.13. The fourth-order valence-corrected chi connectivity index (χ4v) is 3.32. The molecule has 0 saturated heterocycles. The van der Waals surface area contributed by atoms with Crippen molar-refractivity contribution in [2.45, 2.75) is 13.3 Å². The Labute approximate surface area is 162 Å². The fraction of sp³-hybridized carbons (Fsp3) is 0.238. The molecule has 7 nitrogen and oxygen atoms in total. The van der Waals surface area contributed by atoms with E-state index >= 15 is 0 Å². The Balaban J connectivity index is 1.49. The van der Waals surface area contributed by atoms with Crippen LogP contribution < -0.4 is 10.1 Å². The lowest BCUT2D eigenvalue weighted by molar-refractivity contribution is -0.384. The molecule has 1 aliphatic rings. The van der Waals surface area contributed by atoms with Crippen LogP contribution in [-0.2, 0) is 6.42 Å². The Morgan fingerprint density at radius 3 is 2.89 bits per heavy atom. The van der Waals surface area contributed by atoms with Gasteiger partial charge in [-0.1, -0.05) is 30.3 Å². The molecule has 142 valence electrons. The van der Waals surface area contributed by atoms with Crippen LogP contribution in [0.1, 0.15) is 11.3 Å². The second kappa shape index (κ2) is 7.64. The van der Waals surface area contributed by atoms with Crippen LogP contribution >= 0.6 is 0 Å². The number of aromatic nitrogens is 2. The Morgan fingerprint density at radius 2 is 2.04 bits per heavy atom. The van der Waals surface area contributed by atoms with E-state index in [1.165, 1.54) is 17.7 Å². The smallest absolute Gasteiger partial charge is 0.270 e. The van der Waals surface area contributed by atoms with Crippen molar-refractivity contribution in [3.63, 3.8) is 0 Å². The summed E-state index contributed by atoms with van der Waals surface area (Å²) in [5, 5.41) is 14.4. The third-order valence-electron chi connectivity index (χ3n) is 4.70. The Bertz CT molecular complexity index is 1020. The van der Waals surface area contributed by atoms with Crippen LogP contribution in [0.15, 0.2) is 54.6 Å². The van der Waals surface area contributed by atoms with Gasteiger partial charge in [0.25, 0.3) is 5.69 Å². The summed E-state index contributed by atoms with van der Waals surface area (Å²) in [7, 11) is 0. The average Bonchev–Trinajstić information content (AvgIpc) is 2.72. The van der Waals surface area contributed by atoms with Gasteiger partial charge in [0.05, 0.1) is 11.5 Å². The number of para-hydroxylation sites is 1. The molecular formula is C21H20N4O3. The van der Waals surface area contributed by atoms with Gasteiger partial charge in [-0.15, -0.1) is 0 Å². The molecule has 1 atom stereocenters. The zero-order valence-corrected chi connectivity index (χ0v) is 15.5. The van der Waals surface area contributed by atoms with Gasteiger partial charge in [-0.3, -0.25) is 10.1 Å². The number of nitro benzene ring substituents is 1. The molecule has 0 radical (unpaired) electrons. The van der Waals surface area contributed by atoms with E-state index in [0.29, 0.717) is 29.7 Å². The average molecular weight is 376 g/mol. The number of nitro groups is 1. The van der Waals surface area contributed by atoms with Crippen LogP contribution in [0.3, 0.4) is 0 Å². The van der Waals surface area contributed by atoms with Crippen molar-refractivity contribution in [2.24, 2.45) is 5.92 Å². The first-order valence-electron chi connectivity index (χ1n) is 9.13. The number of nitrogens with zero attached hydrogens (tertiary/aromatic N) is 3. The molecule has 0 amide bonds. The molecule has 4 rings (SSSR count). The van der Waals surface area contributed by atoms with E-state index in [1.54, 1.807) is 12.1 Å². The Kier molecular flexibility index (Phi) is 4.89. The summed E-state index contributed by atoms with van der Waals surface area (Å²) >= 11 is 0. The maximum Gasteiger partial charge on any atom is 0.270 e. The van der Waals surface area contributed by atoms with E-state index in [9.17, 15) is 10.1 Å². The van der Waals surface area contributed by atoms with Crippen molar-refractivity contribution in [1.82, 2.24) is 9.97 Å². The van der Waals surface area contributed by atoms with Crippen molar-refractivity contribution in [3.05, 3.63) is 76.0 Å². The molecule has 0 bridgehead atoms. The number of hydrogen-bond donors (Lipinski definition) is 1. The standard InChI is InChI=1S/C21H20N4O3/c1-14-9-20(22-12-15-10-16-5-2-3-8-19(16)28-13-15)24-21(23-14)17-6-4-7-18(11-17)25(26)27/h2-9,11,15H,10,12-13H2,1H3,(H,22,23,24). The molecule has 0 spiro atoms. The first kappa shape index (κ1) is 17.9. The highest BCUT2D eigenvalue weighted by Crippen LogP contribution is 2.27. The molecule has 2 aromatic carbocycles. The number of aryl methyl sites for hydroxylation is 1. The minimum Gasteiger partial charge on any atom is -0.493 e. The normalized spacial score (nSPS) is 15.4. The summed E-state index contributed by atoms with van der Waals surface area (Å²) in [5.74, 6) is 2.47. The number of anilines is 1. The Hall–Kier alpha value is -3.48. The quantitative estimate of drug-likeness (QED) is 0.534. The van der Waals surface area contributed by atoms with Crippen LogP contribution in [0, 0.1) is 23.0 Å². The van der Waals surface area contributed by atoms with Crippen LogP contribution in [0.25, 0.3) is 11.4 Å². The topological polar surface area (TPSA) is 90.2 Å². The number of rotatable bonds is 5. The minimum absolute atomic E-state index is 0.0233. The second-order valence-corrected chi connectivity index (χ2v) is 6.90. The molecule has 0 saturated carbocycles. The van der Waals surface area contributed by atoms with Crippen molar-refractivity contribution in [2.75, 3.05) is 18.5 Å². The summed E-state index contributed by atoms with van der Waals surface area (Å²) in [5.41, 5.74) is 2.66. The number of ether oxygens (including phenoxy) is 1. The summed E-state index contributed by atoms with van der Waals surface area (Å²) in [6, 6.07) is 16.3. The first-order chi connectivity index (χ1) is 13.6. The zero-order valence-electron chi connectivity index (χ0n) is 15.5. The number of fused-ring (bicyclic) bond motifs is 1. The van der Waals surface area contributed by atoms with E-state index in [1.807, 2.05) is 31.2 Å². The van der Waals surface area contributed by atoms with Crippen molar-refractivity contribution in [3.8, 4) is 17.1 Å². The third kappa shape index (κ3) is 3.93. The largest absolute Gasteiger partial charge is 0.493 e. The van der Waals surface area contributed by atoms with Gasteiger partial charge >= 0.3 is 0 Å². The fourth-order valence-electron chi connectivity index (χ4n) is 3.32. The van der Waals surface area contributed by atoms with Crippen molar-refractivity contribution < 1.29 is 9.66 Å². The van der Waals surface area contributed by atoms with E-state index in [-0.39, 0.29) is 5.69 Å². The molecule has 1 unspecified atom stereocenters. The van der Waals surface area contributed by atoms with Gasteiger partial charge in [-0.05, 0) is 25.0 Å². The van der Waals surface area contributed by atoms with Crippen LogP contribution in [0.2, 0.25) is 0 Å². The molecule has 1 N–H and O–H groups in total. The SMILES string of the molecule is Cc1cc(NCC2COc3ccccc3C2)nc(-c2cccc([N+](=O)[O-])c2)n1. The van der Waals surface area contributed by atoms with Gasteiger partial charge in [-0.2, -0.15) is 0 Å². The van der Waals surface area contributed by atoms with Gasteiger partial charge in [-0.25, -0.2) is 9.97 Å². The number of non-ortho nitro benzene ring substituents is 1. The van der Waals surface area contributed by atoms with Gasteiger partial charge in [0.1, 0.15) is 11.6 Å². The molecular weight excluding hydrogens is 356 g/mol. The highest BCUT2D eigenvalue weighted by molar-refractivity contribution is 5.61. The van der Waals surface area contributed by atoms with E-state index in [2.05, 4.69) is 21.4 Å². The Morgan fingerprint density at radius 1 is 1.18 bits per heavy atom. The summed E-state index contributed by atoms with van der Waals surface area (Å²) in [6.07, 6.45) is 0.949. The predicted molar refractivity (Wildman–Crippen MR) is 106 cm³/mol. The molecule has 1 aromatic heterocycles. The minimum atomic E-state index is -0.417. The van der Waals surface area contributed by atoms with Gasteiger partial charge in [0.2, 0.25) is 0 Å². The van der Waals surface area contributed by atoms with E-state index in [0.717, 1.165) is 24.4 Å². The lowest BCUT2D eigenvalue weighted by Crippen LogP contribution is -2.27. The third-order valence-corrected chi connectivity index (χ3v) is 4.70. The molecule has 0 aliphatic carbocycles. The van der Waals surface area contributed by atoms with Crippen LogP contribution in [-0.4, -0.2) is 28.0 Å². The lowest BCUT2D eigenvalue weighted by atomic mass is 9.97. The lowest BCUT2D eigenvalue weighted by Gasteiger charge is -2.25. The number of hydrogen-bond acceptors (Lipinski definition) is 6. The highest BCUT2D eigenvalue weighted by Gasteiger charge is 2.19. The molecule has 0 fully saturated rings. The summed E-state index contributed by atoms with van der Waals surface area (Å²) in [4.78, 5) is 19.6. The van der Waals surface area contributed by atoms with Crippen molar-refractivity contribution in [1.29, 1.82) is 0 Å². The molecule has 28 heavy (non-hydrogen) atoms. The number of benzene rings is 2. The predicted octanol–water partition coefficient (Wildman–Crippen LogP) is 4.02. The highest BCUT2D eigenvalue weighted by atomic mass is 16.6. The summed E-state index contributed by atoms with van der Waals surface area (Å²) < 4.78 is 5.84. The molecule has 3 aromatic rings. The molecule has 7 heteroatoms. The summed E-state index contributed by atoms with van der Waals surface area (Å²) in [6.45, 7) is 3.26. The monoisotopic (exact) mass is 376 g/mol. The van der Waals surface area contributed by atoms with E-state index < -0.39 is 4.92 Å². The molecule has 2 heterocycles. The second-order valence-electron chi connectivity index (χ2n) is 6.90. The van der Waals surface area contributed by atoms with Gasteiger partial charge in [0.15, 0.2) is 5.82 Å². The zero-order chi connectivity index (χ0) is 19.5. The van der Waals surface area contributed by atoms with Gasteiger partial charge in [0, 0.05) is 41.9 Å². The maximum absolute atomic E-state index is 11.0. The van der Waals surface area contributed by atoms with Crippen LogP contribution in [0.4, 0.5) is 11.5 Å².